The number of H-pyrrole nitrogens is 1. The largest absolute Gasteiger partial charge is 0.353 e. The van der Waals surface area contributed by atoms with Crippen LogP contribution in [0.1, 0.15) is 60.6 Å². The van der Waals surface area contributed by atoms with Gasteiger partial charge in [-0.2, -0.15) is 9.47 Å². The standard InChI is InChI=1S/C17H22N6OS/c24-15(12-7-18-19-8-12)23-9-13-5-6-17(13,10-23)21-16-20-14(22-25-16)11-3-1-2-4-11/h7-8,11,13H,1-6,9-10H2,(H,18,19)(H,20,21,22). The highest BCUT2D eigenvalue weighted by molar-refractivity contribution is 7.09. The lowest BCUT2D eigenvalue weighted by molar-refractivity contribution is 0.0786. The summed E-state index contributed by atoms with van der Waals surface area (Å²) < 4.78 is 4.59. The van der Waals surface area contributed by atoms with Crippen LogP contribution in [0.2, 0.25) is 0 Å². The maximum atomic E-state index is 12.6. The van der Waals surface area contributed by atoms with Crippen LogP contribution in [0.4, 0.5) is 5.13 Å². The van der Waals surface area contributed by atoms with E-state index in [0.29, 0.717) is 17.4 Å². The van der Waals surface area contributed by atoms with E-state index in [0.717, 1.165) is 36.9 Å². The quantitative estimate of drug-likeness (QED) is 0.877. The fraction of sp³-hybridized carbons (Fsp3) is 0.647. The Labute approximate surface area is 150 Å². The Kier molecular flexibility index (Phi) is 3.55. The maximum absolute atomic E-state index is 12.6. The van der Waals surface area contributed by atoms with Crippen LogP contribution < -0.4 is 5.32 Å². The molecule has 1 amide bonds. The summed E-state index contributed by atoms with van der Waals surface area (Å²) in [6.07, 6.45) is 10.5. The highest BCUT2D eigenvalue weighted by Gasteiger charge is 2.54. The molecule has 2 unspecified atom stereocenters. The van der Waals surface area contributed by atoms with Crippen molar-refractivity contribution in [1.29, 1.82) is 0 Å². The molecule has 3 aliphatic rings. The van der Waals surface area contributed by atoms with Gasteiger partial charge in [-0.3, -0.25) is 9.89 Å². The second-order valence-electron chi connectivity index (χ2n) is 7.63. The first-order chi connectivity index (χ1) is 12.2. The first kappa shape index (κ1) is 15.3. The lowest BCUT2D eigenvalue weighted by Crippen LogP contribution is -2.53. The SMILES string of the molecule is O=C(c1cn[nH]c1)N1CC2CCC2(Nc2nc(C3CCCC3)ns2)C1. The van der Waals surface area contributed by atoms with Gasteiger partial charge in [0.2, 0.25) is 5.13 Å². The van der Waals surface area contributed by atoms with E-state index in [1.54, 1.807) is 12.4 Å². The van der Waals surface area contributed by atoms with Crippen molar-refractivity contribution < 1.29 is 4.79 Å². The van der Waals surface area contributed by atoms with Gasteiger partial charge in [0.15, 0.2) is 0 Å². The summed E-state index contributed by atoms with van der Waals surface area (Å²) >= 11 is 1.47. The van der Waals surface area contributed by atoms with Crippen LogP contribution in [0.25, 0.3) is 0 Å². The highest BCUT2D eigenvalue weighted by Crippen LogP contribution is 2.47. The molecule has 0 bridgehead atoms. The summed E-state index contributed by atoms with van der Waals surface area (Å²) in [6, 6.07) is 0. The van der Waals surface area contributed by atoms with Crippen molar-refractivity contribution in [2.24, 2.45) is 5.92 Å². The number of hydrogen-bond acceptors (Lipinski definition) is 6. The molecule has 2 saturated carbocycles. The van der Waals surface area contributed by atoms with Crippen molar-refractivity contribution in [3.8, 4) is 0 Å². The summed E-state index contributed by atoms with van der Waals surface area (Å²) in [5.41, 5.74) is 0.613. The minimum absolute atomic E-state index is 0.0219. The van der Waals surface area contributed by atoms with Crippen molar-refractivity contribution in [2.75, 3.05) is 18.4 Å². The molecule has 8 heteroatoms. The normalized spacial score (nSPS) is 28.8. The number of likely N-dealkylation sites (tertiary alicyclic amines) is 1. The number of nitrogens with one attached hydrogen (secondary N) is 2. The van der Waals surface area contributed by atoms with Gasteiger partial charge >= 0.3 is 0 Å². The van der Waals surface area contributed by atoms with Gasteiger partial charge in [0, 0.05) is 42.7 Å². The predicted molar refractivity (Wildman–Crippen MR) is 94.7 cm³/mol. The third-order valence-electron chi connectivity index (χ3n) is 6.18. The van der Waals surface area contributed by atoms with E-state index in [4.69, 9.17) is 4.98 Å². The molecule has 2 atom stereocenters. The zero-order valence-electron chi connectivity index (χ0n) is 14.1. The molecule has 3 heterocycles. The number of anilines is 1. The van der Waals surface area contributed by atoms with E-state index >= 15 is 0 Å². The molecule has 25 heavy (non-hydrogen) atoms. The van der Waals surface area contributed by atoms with Gasteiger partial charge in [0.1, 0.15) is 5.82 Å². The molecule has 1 saturated heterocycles. The van der Waals surface area contributed by atoms with Crippen molar-refractivity contribution in [3.05, 3.63) is 23.8 Å². The Bertz CT molecular complexity index is 768. The Hall–Kier alpha value is -1.96. The lowest BCUT2D eigenvalue weighted by Gasteiger charge is -2.44. The van der Waals surface area contributed by atoms with Gasteiger partial charge < -0.3 is 10.2 Å². The Morgan fingerprint density at radius 2 is 2.24 bits per heavy atom. The number of fused-ring (bicyclic) bond motifs is 1. The van der Waals surface area contributed by atoms with Gasteiger partial charge in [0.25, 0.3) is 5.91 Å². The molecule has 7 nitrogen and oxygen atoms in total. The van der Waals surface area contributed by atoms with Crippen LogP contribution in [0, 0.1) is 5.92 Å². The minimum Gasteiger partial charge on any atom is -0.353 e. The topological polar surface area (TPSA) is 86.8 Å². The molecule has 0 aromatic carbocycles. The fourth-order valence-corrected chi connectivity index (χ4v) is 5.35. The van der Waals surface area contributed by atoms with E-state index in [9.17, 15) is 4.79 Å². The average Bonchev–Trinajstić information content (AvgIpc) is 3.37. The van der Waals surface area contributed by atoms with E-state index in [-0.39, 0.29) is 11.4 Å². The van der Waals surface area contributed by atoms with Crippen LogP contribution in [-0.4, -0.2) is 49.0 Å². The molecule has 132 valence electrons. The van der Waals surface area contributed by atoms with Crippen LogP contribution in [0.3, 0.4) is 0 Å². The number of carbonyl (C=O) groups excluding carboxylic acids is 1. The molecule has 2 aromatic rings. The maximum Gasteiger partial charge on any atom is 0.257 e. The summed E-state index contributed by atoms with van der Waals surface area (Å²) in [5.74, 6) is 2.13. The van der Waals surface area contributed by atoms with E-state index < -0.39 is 0 Å². The van der Waals surface area contributed by atoms with Crippen LogP contribution >= 0.6 is 11.5 Å². The average molecular weight is 358 g/mol. The van der Waals surface area contributed by atoms with Crippen LogP contribution in [0.15, 0.2) is 12.4 Å². The first-order valence-electron chi connectivity index (χ1n) is 9.13. The van der Waals surface area contributed by atoms with E-state index in [1.165, 1.54) is 37.2 Å². The lowest BCUT2D eigenvalue weighted by atomic mass is 9.69. The molecule has 0 spiro atoms. The predicted octanol–water partition coefficient (Wildman–Crippen LogP) is 2.64. The number of hydrogen-bond donors (Lipinski definition) is 2. The van der Waals surface area contributed by atoms with Crippen molar-refractivity contribution in [3.63, 3.8) is 0 Å². The smallest absolute Gasteiger partial charge is 0.257 e. The Morgan fingerprint density at radius 1 is 1.36 bits per heavy atom. The molecule has 2 aromatic heterocycles. The fourth-order valence-electron chi connectivity index (χ4n) is 4.60. The van der Waals surface area contributed by atoms with Crippen molar-refractivity contribution in [2.45, 2.75) is 50.0 Å². The number of carbonyl (C=O) groups is 1. The zero-order chi connectivity index (χ0) is 16.9. The molecule has 5 rings (SSSR count). The van der Waals surface area contributed by atoms with E-state index in [1.807, 2.05) is 4.90 Å². The molecular weight excluding hydrogens is 336 g/mol. The second-order valence-corrected chi connectivity index (χ2v) is 8.38. The number of amides is 1. The monoisotopic (exact) mass is 358 g/mol. The van der Waals surface area contributed by atoms with Gasteiger partial charge in [-0.1, -0.05) is 12.8 Å². The molecule has 3 fully saturated rings. The van der Waals surface area contributed by atoms with Gasteiger partial charge in [-0.05, 0) is 25.7 Å². The highest BCUT2D eigenvalue weighted by atomic mass is 32.1. The van der Waals surface area contributed by atoms with Crippen LogP contribution in [-0.2, 0) is 0 Å². The number of nitrogens with zero attached hydrogens (tertiary/aromatic N) is 4. The Balaban J connectivity index is 1.30. The van der Waals surface area contributed by atoms with Crippen molar-refractivity contribution >= 4 is 22.6 Å². The zero-order valence-corrected chi connectivity index (χ0v) is 14.9. The molecule has 0 radical (unpaired) electrons. The van der Waals surface area contributed by atoms with Gasteiger partial charge in [-0.15, -0.1) is 0 Å². The summed E-state index contributed by atoms with van der Waals surface area (Å²) in [4.78, 5) is 19.3. The number of aromatic amines is 1. The summed E-state index contributed by atoms with van der Waals surface area (Å²) in [5, 5.41) is 11.2. The first-order valence-corrected chi connectivity index (χ1v) is 9.91. The minimum atomic E-state index is -0.0219. The number of rotatable bonds is 4. The molecule has 2 aliphatic carbocycles. The molecule has 2 N–H and O–H groups in total. The van der Waals surface area contributed by atoms with Crippen molar-refractivity contribution in [1.82, 2.24) is 24.5 Å². The Morgan fingerprint density at radius 3 is 2.96 bits per heavy atom. The molecular formula is C17H22N6OS. The summed E-state index contributed by atoms with van der Waals surface area (Å²) in [6.45, 7) is 1.55. The third kappa shape index (κ3) is 2.54. The second kappa shape index (κ2) is 5.79. The third-order valence-corrected chi connectivity index (χ3v) is 6.83. The van der Waals surface area contributed by atoms with Gasteiger partial charge in [-0.25, -0.2) is 4.98 Å². The number of aromatic nitrogens is 4. The van der Waals surface area contributed by atoms with Crippen LogP contribution in [0.5, 0.6) is 0 Å². The summed E-state index contributed by atoms with van der Waals surface area (Å²) in [7, 11) is 0. The van der Waals surface area contributed by atoms with Gasteiger partial charge in [0.05, 0.1) is 17.3 Å². The molecule has 1 aliphatic heterocycles. The van der Waals surface area contributed by atoms with E-state index in [2.05, 4.69) is 19.9 Å².